The van der Waals surface area contributed by atoms with Gasteiger partial charge in [-0.05, 0) is 123 Å². The summed E-state index contributed by atoms with van der Waals surface area (Å²) < 4.78 is 25.6. The summed E-state index contributed by atoms with van der Waals surface area (Å²) in [4.78, 5) is 28.4. The summed E-state index contributed by atoms with van der Waals surface area (Å²) in [5, 5.41) is 0.143. The number of benzene rings is 2. The van der Waals surface area contributed by atoms with E-state index in [9.17, 15) is 9.59 Å². The van der Waals surface area contributed by atoms with Gasteiger partial charge in [0.1, 0.15) is 23.7 Å². The molecule has 48 heavy (non-hydrogen) atoms. The predicted octanol–water partition coefficient (Wildman–Crippen LogP) is 10.5. The van der Waals surface area contributed by atoms with E-state index in [1.165, 1.54) is 0 Å². The molecule has 0 unspecified atom stereocenters. The second kappa shape index (κ2) is 14.0. The predicted molar refractivity (Wildman–Crippen MR) is 198 cm³/mol. The minimum absolute atomic E-state index is 0.0518. The van der Waals surface area contributed by atoms with E-state index in [2.05, 4.69) is 67.7 Å². The lowest BCUT2D eigenvalue weighted by molar-refractivity contribution is -0.173. The van der Waals surface area contributed by atoms with E-state index >= 15 is 0 Å². The van der Waals surface area contributed by atoms with Crippen molar-refractivity contribution in [1.29, 1.82) is 0 Å². The van der Waals surface area contributed by atoms with Crippen LogP contribution in [0.4, 0.5) is 0 Å². The van der Waals surface area contributed by atoms with Crippen molar-refractivity contribution in [3.8, 4) is 11.5 Å². The molecule has 0 saturated heterocycles. The minimum atomic E-state index is -2.03. The summed E-state index contributed by atoms with van der Waals surface area (Å²) in [5.41, 5.74) is 1.90. The lowest BCUT2D eigenvalue weighted by Gasteiger charge is -2.50. The van der Waals surface area contributed by atoms with Crippen molar-refractivity contribution in [3.63, 3.8) is 0 Å². The fourth-order valence-electron chi connectivity index (χ4n) is 7.07. The molecule has 264 valence electrons. The second-order valence-corrected chi connectivity index (χ2v) is 27.1. The molecule has 3 aliphatic rings. The number of ether oxygens (including phenoxy) is 2. The van der Waals surface area contributed by atoms with Gasteiger partial charge in [-0.25, -0.2) is 0 Å². The fraction of sp³-hybridized carbons (Fsp3) is 0.650. The average molecular weight is 693 g/mol. The number of esters is 2. The Labute approximate surface area is 291 Å². The van der Waals surface area contributed by atoms with Gasteiger partial charge in [-0.15, -0.1) is 0 Å². The summed E-state index contributed by atoms with van der Waals surface area (Å²) in [7, 11) is -4.06. The Morgan fingerprint density at radius 1 is 0.542 bits per heavy atom. The Balaban J connectivity index is 1.49. The van der Waals surface area contributed by atoms with Gasteiger partial charge >= 0.3 is 11.9 Å². The van der Waals surface area contributed by atoms with Gasteiger partial charge in [0.15, 0.2) is 0 Å². The molecule has 8 heteroatoms. The van der Waals surface area contributed by atoms with Crippen LogP contribution < -0.4 is 8.85 Å². The van der Waals surface area contributed by atoms with E-state index in [0.717, 1.165) is 74.0 Å². The maximum absolute atomic E-state index is 14.2. The minimum Gasteiger partial charge on any atom is -0.544 e. The Hall–Kier alpha value is -2.59. The molecule has 0 heterocycles. The Morgan fingerprint density at radius 3 is 1.10 bits per heavy atom. The molecule has 0 N–H and O–H groups in total. The molecule has 0 amide bonds. The summed E-state index contributed by atoms with van der Waals surface area (Å²) in [6.07, 6.45) is 7.83. The van der Waals surface area contributed by atoms with Crippen molar-refractivity contribution in [2.75, 3.05) is 0 Å². The normalized spacial score (nSPS) is 24.2. The van der Waals surface area contributed by atoms with Crippen LogP contribution in [0.5, 0.6) is 11.5 Å². The van der Waals surface area contributed by atoms with E-state index < -0.39 is 28.5 Å². The quantitative estimate of drug-likeness (QED) is 0.182. The third-order valence-corrected chi connectivity index (χ3v) is 20.9. The first-order valence-corrected chi connectivity index (χ1v) is 24.2. The molecule has 0 radical (unpaired) electrons. The monoisotopic (exact) mass is 692 g/mol. The molecule has 0 spiro atoms. The van der Waals surface area contributed by atoms with Gasteiger partial charge in [-0.2, -0.15) is 0 Å². The lowest BCUT2D eigenvalue weighted by Crippen LogP contribution is -2.52. The van der Waals surface area contributed by atoms with Gasteiger partial charge in [0, 0.05) is 11.8 Å². The summed E-state index contributed by atoms with van der Waals surface area (Å²) >= 11 is 0. The first-order valence-electron chi connectivity index (χ1n) is 18.4. The highest BCUT2D eigenvalue weighted by atomic mass is 28.4. The van der Waals surface area contributed by atoms with Crippen LogP contribution in [0.2, 0.25) is 36.3 Å². The number of carbonyl (C=O) groups is 2. The third-order valence-electron chi connectivity index (χ3n) is 12.2. The van der Waals surface area contributed by atoms with E-state index in [1.807, 2.05) is 48.5 Å². The van der Waals surface area contributed by atoms with Crippen molar-refractivity contribution < 1.29 is 27.9 Å². The number of hydrogen-bond donors (Lipinski definition) is 0. The van der Waals surface area contributed by atoms with Gasteiger partial charge in [0.05, 0.1) is 11.8 Å². The van der Waals surface area contributed by atoms with Crippen LogP contribution in [0.1, 0.15) is 116 Å². The average Bonchev–Trinajstić information content (AvgIpc) is 3.67. The SMILES string of the molecule is CC(C)(C)[Si](C)(C)Oc1ccc(C2C(C(=O)OC3CCCC3)C(c3ccc(O[Si](C)(C)C(C)(C)C)cc3)C2C(=O)OC2CCCC2)cc1. The molecular weight excluding hydrogens is 633 g/mol. The maximum atomic E-state index is 14.2. The van der Waals surface area contributed by atoms with E-state index in [4.69, 9.17) is 18.3 Å². The van der Waals surface area contributed by atoms with Crippen LogP contribution in [-0.4, -0.2) is 40.8 Å². The molecule has 5 rings (SSSR count). The van der Waals surface area contributed by atoms with Crippen molar-refractivity contribution in [1.82, 2.24) is 0 Å². The zero-order chi connectivity index (χ0) is 35.1. The maximum Gasteiger partial charge on any atom is 0.310 e. The molecule has 0 bridgehead atoms. The first-order chi connectivity index (χ1) is 22.4. The Bertz CT molecular complexity index is 1290. The summed E-state index contributed by atoms with van der Waals surface area (Å²) in [5.74, 6) is -0.430. The highest BCUT2D eigenvalue weighted by Gasteiger charge is 2.60. The number of rotatable bonds is 10. The Morgan fingerprint density at radius 2 is 0.833 bits per heavy atom. The van der Waals surface area contributed by atoms with Crippen LogP contribution in [0, 0.1) is 11.8 Å². The highest BCUT2D eigenvalue weighted by Crippen LogP contribution is 2.59. The number of hydrogen-bond acceptors (Lipinski definition) is 6. The van der Waals surface area contributed by atoms with Crippen LogP contribution in [0.3, 0.4) is 0 Å². The van der Waals surface area contributed by atoms with Crippen molar-refractivity contribution in [2.24, 2.45) is 11.8 Å². The molecule has 6 nitrogen and oxygen atoms in total. The largest absolute Gasteiger partial charge is 0.544 e. The van der Waals surface area contributed by atoms with E-state index in [0.29, 0.717) is 0 Å². The van der Waals surface area contributed by atoms with E-state index in [-0.39, 0.29) is 46.1 Å². The fourth-order valence-corrected chi connectivity index (χ4v) is 9.14. The molecular formula is C40H60O6Si2. The molecule has 0 atom stereocenters. The number of carbonyl (C=O) groups excluding carboxylic acids is 2. The molecule has 2 aromatic carbocycles. The molecule has 3 saturated carbocycles. The van der Waals surface area contributed by atoms with Gasteiger partial charge < -0.3 is 18.3 Å². The van der Waals surface area contributed by atoms with Gasteiger partial charge in [-0.1, -0.05) is 65.8 Å². The van der Waals surface area contributed by atoms with Gasteiger partial charge in [-0.3, -0.25) is 9.59 Å². The zero-order valence-corrected chi connectivity index (χ0v) is 33.2. The molecule has 0 aliphatic heterocycles. The topological polar surface area (TPSA) is 71.1 Å². The van der Waals surface area contributed by atoms with Crippen LogP contribution in [-0.2, 0) is 19.1 Å². The summed E-state index contributed by atoms with van der Waals surface area (Å²) in [6.45, 7) is 22.3. The molecule has 3 aliphatic carbocycles. The molecule has 0 aromatic heterocycles. The molecule has 2 aromatic rings. The van der Waals surface area contributed by atoms with Gasteiger partial charge in [0.25, 0.3) is 0 Å². The Kier molecular flexibility index (Phi) is 10.7. The van der Waals surface area contributed by atoms with E-state index in [1.54, 1.807) is 0 Å². The van der Waals surface area contributed by atoms with Crippen LogP contribution >= 0.6 is 0 Å². The van der Waals surface area contributed by atoms with Crippen molar-refractivity contribution in [2.45, 2.75) is 153 Å². The molecule has 3 fully saturated rings. The smallest absolute Gasteiger partial charge is 0.310 e. The van der Waals surface area contributed by atoms with Gasteiger partial charge in [0.2, 0.25) is 16.6 Å². The first kappa shape index (κ1) is 36.7. The zero-order valence-electron chi connectivity index (χ0n) is 31.2. The van der Waals surface area contributed by atoms with Crippen molar-refractivity contribution >= 4 is 28.6 Å². The highest BCUT2D eigenvalue weighted by molar-refractivity contribution is 6.75. The van der Waals surface area contributed by atoms with Crippen LogP contribution in [0.25, 0.3) is 0 Å². The lowest BCUT2D eigenvalue weighted by atomic mass is 9.52. The third kappa shape index (κ3) is 7.90. The van der Waals surface area contributed by atoms with Crippen LogP contribution in [0.15, 0.2) is 48.5 Å². The van der Waals surface area contributed by atoms with Crippen molar-refractivity contribution in [3.05, 3.63) is 59.7 Å². The standard InChI is InChI=1S/C40H60O6Si2/c1-39(2,3)47(7,8)45-31-23-19-27(20-24-31)33-35(37(41)43-29-15-11-12-16-29)34(36(33)38(42)44-30-17-13-14-18-30)28-21-25-32(26-22-28)46-48(9,10)40(4,5)6/h19-26,29-30,33-36H,11-18H2,1-10H3. The second-order valence-electron chi connectivity index (χ2n) is 17.7. The summed E-state index contributed by atoms with van der Waals surface area (Å²) in [6, 6.07) is 16.2.